The van der Waals surface area contributed by atoms with Gasteiger partial charge in [0.2, 0.25) is 11.8 Å². The third kappa shape index (κ3) is 19.4. The number of likely N-dealkylation sites (tertiary alicyclic amines) is 1. The number of thiophene rings is 1. The van der Waals surface area contributed by atoms with Crippen LogP contribution in [0.25, 0.3) is 21.1 Å². The lowest BCUT2D eigenvalue weighted by Gasteiger charge is -2.31. The fourth-order valence-corrected chi connectivity index (χ4v) is 14.6. The Morgan fingerprint density at radius 3 is 2.25 bits per heavy atom. The van der Waals surface area contributed by atoms with Crippen LogP contribution in [0.1, 0.15) is 99.8 Å². The maximum Gasteiger partial charge on any atom is 0.310 e. The molecule has 3 aromatic heterocycles. The summed E-state index contributed by atoms with van der Waals surface area (Å²) in [6.07, 6.45) is 10.7. The molecular formula is C69H74BrN5O11S3. The lowest BCUT2D eigenvalue weighted by molar-refractivity contribution is -0.151. The number of anilines is 2. The number of carbonyl (C=O) groups excluding carboxylic acids is 5. The van der Waals surface area contributed by atoms with Crippen LogP contribution in [0.4, 0.5) is 11.4 Å². The van der Waals surface area contributed by atoms with E-state index >= 15 is 0 Å². The van der Waals surface area contributed by atoms with Crippen LogP contribution in [-0.2, 0) is 54.6 Å². The number of methoxy groups -OCH3 is 3. The number of ketones is 1. The van der Waals surface area contributed by atoms with Gasteiger partial charge in [-0.1, -0.05) is 54.6 Å². The van der Waals surface area contributed by atoms with Gasteiger partial charge in [0.25, 0.3) is 5.91 Å². The van der Waals surface area contributed by atoms with Crippen molar-refractivity contribution in [2.45, 2.75) is 88.7 Å². The molecule has 3 amide bonds. The summed E-state index contributed by atoms with van der Waals surface area (Å²) in [4.78, 5) is 70.2. The summed E-state index contributed by atoms with van der Waals surface area (Å²) in [5.74, 6) is 1.23. The van der Waals surface area contributed by atoms with E-state index in [-0.39, 0.29) is 51.8 Å². The summed E-state index contributed by atoms with van der Waals surface area (Å²) in [6.45, 7) is 4.89. The van der Waals surface area contributed by atoms with Crippen LogP contribution >= 0.6 is 38.6 Å². The van der Waals surface area contributed by atoms with Gasteiger partial charge in [-0.15, -0.1) is 22.7 Å². The number of rotatable bonds is 19. The third-order valence-corrected chi connectivity index (χ3v) is 19.9. The molecule has 0 bridgehead atoms. The number of H-pyrrole nitrogens is 1. The van der Waals surface area contributed by atoms with Crippen molar-refractivity contribution in [2.24, 2.45) is 5.92 Å². The van der Waals surface area contributed by atoms with Crippen LogP contribution in [0.5, 0.6) is 17.2 Å². The quantitative estimate of drug-likeness (QED) is 0.0510. The number of benzene rings is 6. The van der Waals surface area contributed by atoms with Gasteiger partial charge in [-0.2, -0.15) is 0 Å². The number of piperidine rings is 1. The molecule has 9 aromatic rings. The molecule has 3 N–H and O–H groups in total. The van der Waals surface area contributed by atoms with Crippen LogP contribution in [0.15, 0.2) is 160 Å². The smallest absolute Gasteiger partial charge is 0.310 e. The van der Waals surface area contributed by atoms with Crippen LogP contribution in [-0.4, -0.2) is 99.5 Å². The molecule has 20 heteroatoms. The molecule has 16 nitrogen and oxygen atoms in total. The second-order valence-corrected chi connectivity index (χ2v) is 27.3. The standard InChI is InChI=1S/C19H20N2O2.C19H20O2.C16H14N2O2S.C15H20BrNO5S2/c1-23-18-11-5-4-10-17(18)21-19(22)12-6-7-14-13-20-16-9-3-2-8-15(14)16;1-21-18-8-4-5-14(11-18)12-19(20)17-10-9-15-6-2-3-7-16(15)13-17;1-10-17-14-8-3-11(9-15(14)21-10)16(19)18-12-4-6-13(20-2)7-5-12;1-2-22-15(19)11-4-3-8-17(10-11)13(18)7-9-24(20,21)14-6-5-12(16)23-14/h2-5,8-11,13,20H,6-7,12H2,1H3,(H,21,22);4-5,8-11,13H,2-3,6-7,12H2,1H3;3-9H,1-2H3,(H,18,19);5-6,11H,2-4,7-10H2,1H3. The van der Waals surface area contributed by atoms with E-state index in [1.807, 2.05) is 116 Å². The molecule has 0 saturated carbocycles. The normalized spacial score (nSPS) is 13.4. The molecule has 6 aromatic carbocycles. The van der Waals surface area contributed by atoms with Crippen LogP contribution in [0, 0.1) is 12.8 Å². The number of aromatic nitrogens is 2. The number of nitrogens with zero attached hydrogens (tertiary/aromatic N) is 2. The van der Waals surface area contributed by atoms with Gasteiger partial charge in [0.05, 0.1) is 64.3 Å². The van der Waals surface area contributed by atoms with Gasteiger partial charge in [0.15, 0.2) is 15.6 Å². The molecule has 1 saturated heterocycles. The van der Waals surface area contributed by atoms with Gasteiger partial charge < -0.3 is 39.5 Å². The fourth-order valence-electron chi connectivity index (χ4n) is 10.4. The lowest BCUT2D eigenvalue weighted by Crippen LogP contribution is -2.43. The first-order chi connectivity index (χ1) is 43.0. The Hall–Kier alpha value is -8.17. The maximum atomic E-state index is 12.5. The Balaban J connectivity index is 0.000000154. The number of para-hydroxylation sites is 3. The summed E-state index contributed by atoms with van der Waals surface area (Å²) in [5, 5.41) is 8.01. The minimum Gasteiger partial charge on any atom is -0.497 e. The number of carbonyl (C=O) groups is 5. The maximum absolute atomic E-state index is 12.5. The predicted octanol–water partition coefficient (Wildman–Crippen LogP) is 14.5. The number of nitrogens with one attached hydrogen (secondary N) is 3. The van der Waals surface area contributed by atoms with E-state index in [4.69, 9.17) is 18.9 Å². The molecular weight excluding hydrogens is 1250 g/mol. The molecule has 1 atom stereocenters. The predicted molar refractivity (Wildman–Crippen MR) is 357 cm³/mol. The Morgan fingerprint density at radius 2 is 1.49 bits per heavy atom. The molecule has 466 valence electrons. The highest BCUT2D eigenvalue weighted by molar-refractivity contribution is 9.11. The number of halogens is 1. The molecule has 0 spiro atoms. The number of hydrogen-bond acceptors (Lipinski definition) is 14. The van der Waals surface area contributed by atoms with Crippen molar-refractivity contribution in [1.82, 2.24) is 14.9 Å². The van der Waals surface area contributed by atoms with Crippen LogP contribution in [0.3, 0.4) is 0 Å². The largest absolute Gasteiger partial charge is 0.497 e. The average Bonchev–Trinajstić information content (AvgIpc) is 4.38. The number of aryl methyl sites for hydroxylation is 4. The van der Waals surface area contributed by atoms with E-state index in [0.717, 1.165) is 96.3 Å². The van der Waals surface area contributed by atoms with Crippen molar-refractivity contribution in [3.63, 3.8) is 0 Å². The van der Waals surface area contributed by atoms with Gasteiger partial charge in [0.1, 0.15) is 21.5 Å². The fraction of sp³-hybridized carbons (Fsp3) is 0.304. The minimum atomic E-state index is -3.46. The first-order valence-electron chi connectivity index (χ1n) is 29.5. The highest BCUT2D eigenvalue weighted by Gasteiger charge is 2.30. The third-order valence-electron chi connectivity index (χ3n) is 15.0. The monoisotopic (exact) mass is 1320 g/mol. The number of thiazole rings is 1. The molecule has 89 heavy (non-hydrogen) atoms. The van der Waals surface area contributed by atoms with Crippen LogP contribution < -0.4 is 24.8 Å². The minimum absolute atomic E-state index is 0.00865. The molecule has 0 radical (unpaired) electrons. The molecule has 4 heterocycles. The van der Waals surface area contributed by atoms with Gasteiger partial charge in [-0.25, -0.2) is 13.4 Å². The van der Waals surface area contributed by atoms with E-state index in [1.54, 1.807) is 56.6 Å². The highest BCUT2D eigenvalue weighted by atomic mass is 79.9. The topological polar surface area (TPSA) is 212 Å². The van der Waals surface area contributed by atoms with Crippen LogP contribution in [0.2, 0.25) is 0 Å². The van der Waals surface area contributed by atoms with Gasteiger partial charge in [0, 0.05) is 66.3 Å². The number of ether oxygens (including phenoxy) is 4. The zero-order valence-electron chi connectivity index (χ0n) is 50.6. The molecule has 1 fully saturated rings. The van der Waals surface area contributed by atoms with Crippen molar-refractivity contribution >= 4 is 110 Å². The summed E-state index contributed by atoms with van der Waals surface area (Å²) >= 11 is 5.96. The zero-order valence-corrected chi connectivity index (χ0v) is 54.6. The number of esters is 1. The molecule has 11 rings (SSSR count). The first-order valence-corrected chi connectivity index (χ1v) is 33.6. The van der Waals surface area contributed by atoms with Gasteiger partial charge in [-0.3, -0.25) is 24.0 Å². The second-order valence-electron chi connectivity index (χ2n) is 21.3. The number of Topliss-reactive ketones (excluding diaryl/α,β-unsaturated/α-hetero) is 1. The number of fused-ring (bicyclic) bond motifs is 3. The highest BCUT2D eigenvalue weighted by Crippen LogP contribution is 2.30. The van der Waals surface area contributed by atoms with E-state index in [0.29, 0.717) is 56.0 Å². The van der Waals surface area contributed by atoms with Gasteiger partial charge in [-0.05, 0) is 194 Å². The van der Waals surface area contributed by atoms with Crippen molar-refractivity contribution in [2.75, 3.05) is 57.4 Å². The zero-order chi connectivity index (χ0) is 63.3. The summed E-state index contributed by atoms with van der Waals surface area (Å²) in [5.41, 5.74) is 10.0. The van der Waals surface area contributed by atoms with Crippen molar-refractivity contribution in [1.29, 1.82) is 0 Å². The lowest BCUT2D eigenvalue weighted by atomic mass is 9.89. The number of hydrogen-bond donors (Lipinski definition) is 3. The molecule has 1 aliphatic carbocycles. The molecule has 1 aliphatic heterocycles. The Bertz CT molecular complexity index is 3990. The Kier molecular flexibility index (Phi) is 24.7. The summed E-state index contributed by atoms with van der Waals surface area (Å²) in [7, 11) is 1.39. The summed E-state index contributed by atoms with van der Waals surface area (Å²) in [6, 6.07) is 45.6. The van der Waals surface area contributed by atoms with E-state index in [2.05, 4.69) is 60.8 Å². The Morgan fingerprint density at radius 1 is 0.742 bits per heavy atom. The SMILES string of the molecule is CCOC(=O)C1CCCN(C(=O)CCS(=O)(=O)c2ccc(Br)s2)C1.COc1ccc(NC(=O)c2ccc3nc(C)sc3c2)cc1.COc1cccc(CC(=O)c2ccc3c(c2)CCCC3)c1.COc1ccccc1NC(=O)CCCc1c[nH]c2ccccc12. The van der Waals surface area contributed by atoms with E-state index in [1.165, 1.54) is 41.0 Å². The second kappa shape index (κ2) is 32.9. The average molecular weight is 1330 g/mol. The van der Waals surface area contributed by atoms with Gasteiger partial charge >= 0.3 is 5.97 Å². The molecule has 1 unspecified atom stereocenters. The van der Waals surface area contributed by atoms with Crippen molar-refractivity contribution < 1.29 is 51.3 Å². The Labute approximate surface area is 536 Å². The molecule has 2 aliphatic rings. The van der Waals surface area contributed by atoms with E-state index < -0.39 is 9.84 Å². The van der Waals surface area contributed by atoms with Crippen molar-refractivity contribution in [3.05, 3.63) is 194 Å². The van der Waals surface area contributed by atoms with E-state index in [9.17, 15) is 32.4 Å². The number of aromatic amines is 1. The number of sulfone groups is 1. The van der Waals surface area contributed by atoms with Crippen molar-refractivity contribution in [3.8, 4) is 17.2 Å². The first kappa shape index (κ1) is 66.8. The number of amides is 3. The summed E-state index contributed by atoms with van der Waals surface area (Å²) < 4.78 is 47.0.